The zero-order valence-electron chi connectivity index (χ0n) is 13.3. The van der Waals surface area contributed by atoms with Gasteiger partial charge in [0.1, 0.15) is 5.69 Å². The number of aliphatic imine (C=N–C) groups is 1. The van der Waals surface area contributed by atoms with Crippen molar-refractivity contribution in [2.24, 2.45) is 10.9 Å². The monoisotopic (exact) mass is 343 g/mol. The summed E-state index contributed by atoms with van der Waals surface area (Å²) in [4.78, 5) is 18.1. The molecule has 124 valence electrons. The summed E-state index contributed by atoms with van der Waals surface area (Å²) < 4.78 is 0. The van der Waals surface area contributed by atoms with Gasteiger partial charge in [0.25, 0.3) is 0 Å². The van der Waals surface area contributed by atoms with Gasteiger partial charge in [-0.3, -0.25) is 0 Å². The molecule has 1 saturated heterocycles. The number of pyridine rings is 1. The molecule has 7 heteroatoms. The fourth-order valence-corrected chi connectivity index (χ4v) is 3.21. The molecule has 2 aliphatic heterocycles. The van der Waals surface area contributed by atoms with Crippen LogP contribution in [0.4, 0.5) is 11.8 Å². The number of fused-ring (bicyclic) bond motifs is 1. The number of anilines is 1. The number of halogens is 1. The zero-order chi connectivity index (χ0) is 16.7. The minimum atomic E-state index is -0.00652. The number of H-pyrrole nitrogens is 1. The minimum Gasteiger partial charge on any atom is -0.492 e. The van der Waals surface area contributed by atoms with E-state index in [0.29, 0.717) is 22.5 Å². The number of aromatic nitrogens is 3. The lowest BCUT2D eigenvalue weighted by Gasteiger charge is -2.29. The average Bonchev–Trinajstić information content (AvgIpc) is 3.13. The molecule has 24 heavy (non-hydrogen) atoms. The van der Waals surface area contributed by atoms with Crippen LogP contribution in [0.25, 0.3) is 11.6 Å². The average molecular weight is 344 g/mol. The molecule has 2 N–H and O–H groups in total. The van der Waals surface area contributed by atoms with Crippen molar-refractivity contribution in [3.05, 3.63) is 28.5 Å². The first-order valence-electron chi connectivity index (χ1n) is 8.06. The minimum absolute atomic E-state index is 0.00652. The maximum Gasteiger partial charge on any atom is 0.238 e. The first kappa shape index (κ1) is 15.2. The molecular weight excluding hydrogens is 326 g/mol. The van der Waals surface area contributed by atoms with Crippen molar-refractivity contribution >= 4 is 41.2 Å². The van der Waals surface area contributed by atoms with Gasteiger partial charge in [0.05, 0.1) is 5.02 Å². The van der Waals surface area contributed by atoms with Crippen molar-refractivity contribution in [1.29, 1.82) is 0 Å². The van der Waals surface area contributed by atoms with Gasteiger partial charge in [0.2, 0.25) is 11.8 Å². The second-order valence-electron chi connectivity index (χ2n) is 6.35. The lowest BCUT2D eigenvalue weighted by Crippen LogP contribution is -2.33. The standard InChI is InChI=1S/C17H18ClN5O/c1-10-2-4-23(5-3-10)17-21-14(16(24)22-17)6-11-8-19-15-13(11)7-12(18)9-20-15/h6-10,24H,2-5H2,1H3,(H,21,22). The topological polar surface area (TPSA) is 77.4 Å². The Morgan fingerprint density at radius 3 is 2.96 bits per heavy atom. The Bertz CT molecular complexity index is 834. The lowest BCUT2D eigenvalue weighted by atomic mass is 10.00. The third kappa shape index (κ3) is 2.78. The maximum absolute atomic E-state index is 10.2. The molecule has 0 atom stereocenters. The quantitative estimate of drug-likeness (QED) is 0.872. The number of nitrogens with zero attached hydrogens (tertiary/aromatic N) is 4. The zero-order valence-corrected chi connectivity index (χ0v) is 14.1. The third-order valence-corrected chi connectivity index (χ3v) is 4.76. The Balaban J connectivity index is 1.63. The van der Waals surface area contributed by atoms with Crippen molar-refractivity contribution < 1.29 is 5.11 Å². The van der Waals surface area contributed by atoms with Crippen LogP contribution in [-0.4, -0.2) is 39.4 Å². The summed E-state index contributed by atoms with van der Waals surface area (Å²) in [7, 11) is 0. The van der Waals surface area contributed by atoms with Gasteiger partial charge in [-0.15, -0.1) is 0 Å². The molecular formula is C17H18ClN5O. The molecule has 2 aromatic rings. The summed E-state index contributed by atoms with van der Waals surface area (Å²) in [5.41, 5.74) is 2.26. The maximum atomic E-state index is 10.2. The largest absolute Gasteiger partial charge is 0.492 e. The molecule has 1 fully saturated rings. The molecule has 2 aromatic heterocycles. The predicted molar refractivity (Wildman–Crippen MR) is 96.1 cm³/mol. The van der Waals surface area contributed by atoms with Crippen molar-refractivity contribution in [2.75, 3.05) is 18.0 Å². The first-order chi connectivity index (χ1) is 11.6. The van der Waals surface area contributed by atoms with Crippen molar-refractivity contribution in [2.45, 2.75) is 19.8 Å². The summed E-state index contributed by atoms with van der Waals surface area (Å²) in [6, 6.07) is 1.82. The van der Waals surface area contributed by atoms with Gasteiger partial charge in [0.15, 0.2) is 5.82 Å². The van der Waals surface area contributed by atoms with E-state index in [-0.39, 0.29) is 5.88 Å². The van der Waals surface area contributed by atoms with Crippen LogP contribution in [-0.2, 0) is 0 Å². The third-order valence-electron chi connectivity index (χ3n) is 4.55. The van der Waals surface area contributed by atoms with Crippen LogP contribution in [0.3, 0.4) is 0 Å². The van der Waals surface area contributed by atoms with Crippen molar-refractivity contribution in [3.63, 3.8) is 0 Å². The van der Waals surface area contributed by atoms with E-state index >= 15 is 0 Å². The number of hydrogen-bond acceptors (Lipinski definition) is 5. The van der Waals surface area contributed by atoms with Crippen LogP contribution in [0.1, 0.15) is 31.0 Å². The van der Waals surface area contributed by atoms with E-state index in [1.807, 2.05) is 12.1 Å². The van der Waals surface area contributed by atoms with E-state index in [2.05, 4.69) is 31.8 Å². The van der Waals surface area contributed by atoms with Crippen molar-refractivity contribution in [1.82, 2.24) is 15.0 Å². The molecule has 0 aliphatic carbocycles. The Hall–Kier alpha value is -2.34. The Morgan fingerprint density at radius 2 is 2.17 bits per heavy atom. The molecule has 0 aromatic carbocycles. The molecule has 0 unspecified atom stereocenters. The molecule has 0 saturated carbocycles. The molecule has 0 amide bonds. The summed E-state index contributed by atoms with van der Waals surface area (Å²) in [6.07, 6.45) is 7.40. The summed E-state index contributed by atoms with van der Waals surface area (Å²) in [5, 5.41) is 10.7. The summed E-state index contributed by atoms with van der Waals surface area (Å²) in [6.45, 7) is 4.17. The normalized spacial score (nSPS) is 19.2. The van der Waals surface area contributed by atoms with Gasteiger partial charge in [-0.1, -0.05) is 18.5 Å². The lowest BCUT2D eigenvalue weighted by molar-refractivity contribution is 0.432. The molecule has 0 spiro atoms. The number of aromatic amines is 1. The fraction of sp³-hybridized carbons (Fsp3) is 0.353. The second-order valence-corrected chi connectivity index (χ2v) is 6.79. The van der Waals surface area contributed by atoms with Gasteiger partial charge in [-0.25, -0.2) is 9.98 Å². The van der Waals surface area contributed by atoms with Crippen LogP contribution in [0.5, 0.6) is 5.88 Å². The van der Waals surface area contributed by atoms with E-state index in [1.165, 1.54) is 0 Å². The molecule has 4 rings (SSSR count). The highest BCUT2D eigenvalue weighted by atomic mass is 35.5. The number of aromatic hydroxyl groups is 1. The van der Waals surface area contributed by atoms with Gasteiger partial charge < -0.3 is 15.0 Å². The predicted octanol–water partition coefficient (Wildman–Crippen LogP) is 3.66. The molecule has 2 aliphatic rings. The molecule has 0 radical (unpaired) electrons. The van der Waals surface area contributed by atoms with Crippen molar-refractivity contribution in [3.8, 4) is 5.88 Å². The number of nitrogens with one attached hydrogen (secondary N) is 1. The Labute approximate surface area is 144 Å². The highest BCUT2D eigenvalue weighted by molar-refractivity contribution is 6.31. The number of hydrogen-bond donors (Lipinski definition) is 2. The Morgan fingerprint density at radius 1 is 1.38 bits per heavy atom. The number of rotatable bonds is 2. The van der Waals surface area contributed by atoms with E-state index in [4.69, 9.17) is 11.6 Å². The molecule has 4 heterocycles. The second kappa shape index (κ2) is 5.94. The SMILES string of the molecule is CC1CCN(c2nc(O)c(C=C3C=Nc4ncc(Cl)cc43)[nH]2)CC1. The fourth-order valence-electron chi connectivity index (χ4n) is 3.05. The van der Waals surface area contributed by atoms with E-state index < -0.39 is 0 Å². The van der Waals surface area contributed by atoms with Crippen LogP contribution in [0.15, 0.2) is 17.3 Å². The number of imidazole rings is 1. The summed E-state index contributed by atoms with van der Waals surface area (Å²) >= 11 is 6.02. The highest BCUT2D eigenvalue weighted by Gasteiger charge is 2.21. The number of piperidine rings is 1. The smallest absolute Gasteiger partial charge is 0.238 e. The number of allylic oxidation sites excluding steroid dienone is 1. The van der Waals surface area contributed by atoms with Gasteiger partial charge in [-0.2, -0.15) is 4.98 Å². The van der Waals surface area contributed by atoms with E-state index in [9.17, 15) is 5.11 Å². The molecule has 6 nitrogen and oxygen atoms in total. The van der Waals surface area contributed by atoms with E-state index in [0.717, 1.165) is 43.0 Å². The summed E-state index contributed by atoms with van der Waals surface area (Å²) in [5.74, 6) is 2.09. The molecule has 0 bridgehead atoms. The van der Waals surface area contributed by atoms with Gasteiger partial charge >= 0.3 is 0 Å². The van der Waals surface area contributed by atoms with Crippen LogP contribution < -0.4 is 4.90 Å². The van der Waals surface area contributed by atoms with Crippen LogP contribution in [0.2, 0.25) is 5.02 Å². The highest BCUT2D eigenvalue weighted by Crippen LogP contribution is 2.34. The van der Waals surface area contributed by atoms with Gasteiger partial charge in [-0.05, 0) is 30.9 Å². The van der Waals surface area contributed by atoms with Gasteiger partial charge in [0, 0.05) is 36.6 Å². The van der Waals surface area contributed by atoms with E-state index in [1.54, 1.807) is 12.4 Å². The Kier molecular flexibility index (Phi) is 3.76. The van der Waals surface area contributed by atoms with Crippen LogP contribution >= 0.6 is 11.6 Å². The van der Waals surface area contributed by atoms with Crippen LogP contribution in [0, 0.1) is 5.92 Å². The first-order valence-corrected chi connectivity index (χ1v) is 8.43.